The van der Waals surface area contributed by atoms with Crippen LogP contribution in [0, 0.1) is 11.7 Å². The Hall–Kier alpha value is -1.70. The van der Waals surface area contributed by atoms with Crippen LogP contribution in [0.2, 0.25) is 5.02 Å². The monoisotopic (exact) mass is 413 g/mol. The summed E-state index contributed by atoms with van der Waals surface area (Å²) in [6.45, 7) is 6.78. The van der Waals surface area contributed by atoms with Gasteiger partial charge in [-0.2, -0.15) is 0 Å². The molecular weight excluding hydrogens is 385 g/mol. The molecule has 0 radical (unpaired) electrons. The number of hydrogen-bond acceptors (Lipinski definition) is 4. The van der Waals surface area contributed by atoms with E-state index in [-0.39, 0.29) is 22.4 Å². The lowest BCUT2D eigenvalue weighted by Crippen LogP contribution is -2.51. The van der Waals surface area contributed by atoms with E-state index in [1.807, 2.05) is 13.8 Å². The van der Waals surface area contributed by atoms with E-state index in [4.69, 9.17) is 16.3 Å². The van der Waals surface area contributed by atoms with Gasteiger partial charge in [0.15, 0.2) is 0 Å². The first kappa shape index (κ1) is 22.6. The Morgan fingerprint density at radius 2 is 1.96 bits per heavy atom. The predicted molar refractivity (Wildman–Crippen MR) is 107 cm³/mol. The van der Waals surface area contributed by atoms with Crippen LogP contribution in [0.15, 0.2) is 18.2 Å². The number of carbonyl (C=O) groups excluding carboxylic acids is 2. The molecule has 1 fully saturated rings. The van der Waals surface area contributed by atoms with Gasteiger partial charge in [0.25, 0.3) is 5.91 Å². The number of ether oxygens (including phenoxy) is 1. The Labute approximate surface area is 170 Å². The van der Waals surface area contributed by atoms with Crippen molar-refractivity contribution in [3.8, 4) is 0 Å². The van der Waals surface area contributed by atoms with Crippen molar-refractivity contribution in [2.24, 2.45) is 5.92 Å². The molecule has 1 aromatic rings. The molecule has 1 saturated heterocycles. The van der Waals surface area contributed by atoms with E-state index < -0.39 is 11.4 Å². The molecule has 8 heteroatoms. The molecule has 2 amide bonds. The molecule has 0 spiro atoms. The van der Waals surface area contributed by atoms with E-state index in [0.29, 0.717) is 25.6 Å². The van der Waals surface area contributed by atoms with Gasteiger partial charge in [-0.25, -0.2) is 4.39 Å². The summed E-state index contributed by atoms with van der Waals surface area (Å²) in [7, 11) is 1.61. The van der Waals surface area contributed by atoms with Gasteiger partial charge >= 0.3 is 0 Å². The third kappa shape index (κ3) is 7.37. The zero-order chi connectivity index (χ0) is 20.7. The maximum atomic E-state index is 13.4. The topological polar surface area (TPSA) is 70.7 Å². The first-order valence-corrected chi connectivity index (χ1v) is 9.83. The molecule has 156 valence electrons. The van der Waals surface area contributed by atoms with Crippen molar-refractivity contribution in [3.05, 3.63) is 34.6 Å². The molecule has 6 nitrogen and oxygen atoms in total. The average Bonchev–Trinajstić information content (AvgIpc) is 2.59. The molecule has 1 aliphatic rings. The van der Waals surface area contributed by atoms with E-state index in [0.717, 1.165) is 25.9 Å². The summed E-state index contributed by atoms with van der Waals surface area (Å²) in [6.07, 6.45) is 1.78. The number of piperidine rings is 1. The minimum Gasteiger partial charge on any atom is -0.382 e. The quantitative estimate of drug-likeness (QED) is 0.686. The van der Waals surface area contributed by atoms with Crippen LogP contribution in [0.1, 0.15) is 37.0 Å². The van der Waals surface area contributed by atoms with Gasteiger partial charge < -0.3 is 15.4 Å². The zero-order valence-electron chi connectivity index (χ0n) is 16.7. The van der Waals surface area contributed by atoms with Crippen molar-refractivity contribution in [1.29, 1.82) is 0 Å². The van der Waals surface area contributed by atoms with Gasteiger partial charge in [-0.05, 0) is 63.9 Å². The van der Waals surface area contributed by atoms with Crippen molar-refractivity contribution in [1.82, 2.24) is 15.5 Å². The van der Waals surface area contributed by atoms with Gasteiger partial charge in [-0.3, -0.25) is 14.5 Å². The standard InChI is InChI=1S/C20H29ClFN3O3/c1-20(2,13-28-3)24-18(26)12-25-6-4-14(5-7-25)11-23-19(27)15-8-16(21)10-17(22)9-15/h8-10,14H,4-7,11-13H2,1-3H3,(H,23,27)(H,24,26). The zero-order valence-corrected chi connectivity index (χ0v) is 17.4. The highest BCUT2D eigenvalue weighted by Crippen LogP contribution is 2.17. The lowest BCUT2D eigenvalue weighted by atomic mass is 9.96. The van der Waals surface area contributed by atoms with Crippen LogP contribution >= 0.6 is 11.6 Å². The molecule has 0 saturated carbocycles. The third-order valence-electron chi connectivity index (χ3n) is 4.73. The normalized spacial score (nSPS) is 16.0. The second kappa shape index (κ2) is 10.2. The SMILES string of the molecule is COCC(C)(C)NC(=O)CN1CCC(CNC(=O)c2cc(F)cc(Cl)c2)CC1. The molecule has 1 aromatic carbocycles. The summed E-state index contributed by atoms with van der Waals surface area (Å²) in [5.74, 6) is -0.546. The molecule has 1 heterocycles. The highest BCUT2D eigenvalue weighted by Gasteiger charge is 2.24. The Balaban J connectivity index is 1.72. The summed E-state index contributed by atoms with van der Waals surface area (Å²) in [4.78, 5) is 26.5. The van der Waals surface area contributed by atoms with Crippen LogP contribution in [-0.2, 0) is 9.53 Å². The highest BCUT2D eigenvalue weighted by molar-refractivity contribution is 6.31. The molecular formula is C20H29ClFN3O3. The lowest BCUT2D eigenvalue weighted by Gasteiger charge is -2.33. The fraction of sp³-hybridized carbons (Fsp3) is 0.600. The van der Waals surface area contributed by atoms with E-state index in [1.54, 1.807) is 7.11 Å². The Kier molecular flexibility index (Phi) is 8.22. The van der Waals surface area contributed by atoms with Gasteiger partial charge in [0.2, 0.25) is 5.91 Å². The number of halogens is 2. The fourth-order valence-electron chi connectivity index (χ4n) is 3.39. The maximum absolute atomic E-state index is 13.4. The van der Waals surface area contributed by atoms with Crippen LogP contribution in [0.3, 0.4) is 0 Å². The maximum Gasteiger partial charge on any atom is 0.251 e. The lowest BCUT2D eigenvalue weighted by molar-refractivity contribution is -0.124. The number of methoxy groups -OCH3 is 1. The number of rotatable bonds is 8. The van der Waals surface area contributed by atoms with Crippen LogP contribution in [0.4, 0.5) is 4.39 Å². The molecule has 0 bridgehead atoms. The molecule has 0 aromatic heterocycles. The van der Waals surface area contributed by atoms with E-state index >= 15 is 0 Å². The Bertz CT molecular complexity index is 671. The van der Waals surface area contributed by atoms with Crippen molar-refractivity contribution in [2.45, 2.75) is 32.2 Å². The third-order valence-corrected chi connectivity index (χ3v) is 4.95. The molecule has 2 N–H and O–H groups in total. The summed E-state index contributed by atoms with van der Waals surface area (Å²) >= 11 is 5.79. The summed E-state index contributed by atoms with van der Waals surface area (Å²) in [6, 6.07) is 3.79. The van der Waals surface area contributed by atoms with E-state index in [2.05, 4.69) is 15.5 Å². The number of nitrogens with one attached hydrogen (secondary N) is 2. The van der Waals surface area contributed by atoms with Crippen molar-refractivity contribution >= 4 is 23.4 Å². The molecule has 0 atom stereocenters. The van der Waals surface area contributed by atoms with Crippen molar-refractivity contribution < 1.29 is 18.7 Å². The number of benzene rings is 1. The van der Waals surface area contributed by atoms with E-state index in [9.17, 15) is 14.0 Å². The van der Waals surface area contributed by atoms with Crippen LogP contribution in [0.5, 0.6) is 0 Å². The first-order valence-electron chi connectivity index (χ1n) is 9.45. The van der Waals surface area contributed by atoms with Crippen LogP contribution < -0.4 is 10.6 Å². The predicted octanol–water partition coefficient (Wildman–Crippen LogP) is 2.46. The Morgan fingerprint density at radius 3 is 2.57 bits per heavy atom. The average molecular weight is 414 g/mol. The molecule has 0 aliphatic carbocycles. The first-order chi connectivity index (χ1) is 13.2. The van der Waals surface area contributed by atoms with Crippen molar-refractivity contribution in [3.63, 3.8) is 0 Å². The van der Waals surface area contributed by atoms with Gasteiger partial charge in [0.05, 0.1) is 18.7 Å². The largest absolute Gasteiger partial charge is 0.382 e. The van der Waals surface area contributed by atoms with Crippen molar-refractivity contribution in [2.75, 3.05) is 39.9 Å². The Morgan fingerprint density at radius 1 is 1.29 bits per heavy atom. The second-order valence-electron chi connectivity index (χ2n) is 7.95. The highest BCUT2D eigenvalue weighted by atomic mass is 35.5. The number of carbonyl (C=O) groups is 2. The number of nitrogens with zero attached hydrogens (tertiary/aromatic N) is 1. The van der Waals surface area contributed by atoms with Gasteiger partial charge in [-0.15, -0.1) is 0 Å². The minimum absolute atomic E-state index is 0.0169. The summed E-state index contributed by atoms with van der Waals surface area (Å²) in [5, 5.41) is 6.03. The fourth-order valence-corrected chi connectivity index (χ4v) is 3.61. The molecule has 1 aliphatic heterocycles. The molecule has 2 rings (SSSR count). The van der Waals surface area contributed by atoms with Gasteiger partial charge in [0, 0.05) is 24.2 Å². The summed E-state index contributed by atoms with van der Waals surface area (Å²) in [5.41, 5.74) is -0.174. The van der Waals surface area contributed by atoms with Crippen LogP contribution in [-0.4, -0.2) is 62.1 Å². The number of likely N-dealkylation sites (tertiary alicyclic amines) is 1. The minimum atomic E-state index is -0.530. The van der Waals surface area contributed by atoms with Gasteiger partial charge in [-0.1, -0.05) is 11.6 Å². The molecule has 0 unspecified atom stereocenters. The number of hydrogen-bond donors (Lipinski definition) is 2. The molecule has 28 heavy (non-hydrogen) atoms. The smallest absolute Gasteiger partial charge is 0.251 e. The summed E-state index contributed by atoms with van der Waals surface area (Å²) < 4.78 is 18.5. The van der Waals surface area contributed by atoms with Gasteiger partial charge in [0.1, 0.15) is 5.82 Å². The second-order valence-corrected chi connectivity index (χ2v) is 8.39. The van der Waals surface area contributed by atoms with Crippen LogP contribution in [0.25, 0.3) is 0 Å². The van der Waals surface area contributed by atoms with E-state index in [1.165, 1.54) is 18.2 Å². The number of amides is 2.